The van der Waals surface area contributed by atoms with E-state index in [-0.39, 0.29) is 6.10 Å². The molecule has 0 aromatic heterocycles. The number of carbonyl (C=O) groups excluding carboxylic acids is 1. The van der Waals surface area contributed by atoms with Gasteiger partial charge in [-0.2, -0.15) is 0 Å². The molecule has 1 aliphatic carbocycles. The van der Waals surface area contributed by atoms with Crippen LogP contribution in [-0.2, 0) is 0 Å². The first-order valence-corrected chi connectivity index (χ1v) is 7.37. The quantitative estimate of drug-likeness (QED) is 0.891. The van der Waals surface area contributed by atoms with Crippen LogP contribution in [0.2, 0.25) is 0 Å². The SMILES string of the molecule is NCC1CCCCC1Oc1ccc(C(N)=O)cc1Br. The van der Waals surface area contributed by atoms with Gasteiger partial charge in [0.25, 0.3) is 0 Å². The maximum atomic E-state index is 11.1. The number of ether oxygens (including phenoxy) is 1. The van der Waals surface area contributed by atoms with Crippen molar-refractivity contribution in [3.8, 4) is 5.75 Å². The zero-order valence-corrected chi connectivity index (χ0v) is 12.4. The second kappa shape index (κ2) is 6.39. The minimum atomic E-state index is -0.440. The van der Waals surface area contributed by atoms with Crippen LogP contribution < -0.4 is 16.2 Å². The van der Waals surface area contributed by atoms with E-state index in [4.69, 9.17) is 16.2 Å². The van der Waals surface area contributed by atoms with Crippen molar-refractivity contribution < 1.29 is 9.53 Å². The molecule has 1 aliphatic rings. The second-order valence-corrected chi connectivity index (χ2v) is 5.80. The van der Waals surface area contributed by atoms with Crippen LogP contribution in [0, 0.1) is 5.92 Å². The molecular weight excluding hydrogens is 308 g/mol. The highest BCUT2D eigenvalue weighted by molar-refractivity contribution is 9.10. The van der Waals surface area contributed by atoms with E-state index in [9.17, 15) is 4.79 Å². The van der Waals surface area contributed by atoms with Crippen molar-refractivity contribution >= 4 is 21.8 Å². The Labute approximate surface area is 121 Å². The van der Waals surface area contributed by atoms with Crippen molar-refractivity contribution in [1.29, 1.82) is 0 Å². The molecule has 0 aliphatic heterocycles. The van der Waals surface area contributed by atoms with Gasteiger partial charge in [0.05, 0.1) is 4.47 Å². The van der Waals surface area contributed by atoms with Crippen LogP contribution in [0.4, 0.5) is 0 Å². The molecule has 1 fully saturated rings. The molecule has 0 saturated heterocycles. The first kappa shape index (κ1) is 14.3. The number of nitrogens with two attached hydrogens (primary N) is 2. The number of rotatable bonds is 4. The number of primary amides is 1. The molecule has 104 valence electrons. The molecule has 5 heteroatoms. The van der Waals surface area contributed by atoms with Crippen molar-refractivity contribution in [3.05, 3.63) is 28.2 Å². The number of amides is 1. The molecule has 1 saturated carbocycles. The van der Waals surface area contributed by atoms with Gasteiger partial charge in [-0.05, 0) is 59.9 Å². The van der Waals surface area contributed by atoms with E-state index < -0.39 is 5.91 Å². The number of halogens is 1. The van der Waals surface area contributed by atoms with Crippen LogP contribution in [0.1, 0.15) is 36.0 Å². The van der Waals surface area contributed by atoms with Gasteiger partial charge in [0.15, 0.2) is 0 Å². The average Bonchev–Trinajstić information content (AvgIpc) is 2.41. The normalized spacial score (nSPS) is 23.1. The lowest BCUT2D eigenvalue weighted by Crippen LogP contribution is -2.35. The zero-order chi connectivity index (χ0) is 13.8. The summed E-state index contributed by atoms with van der Waals surface area (Å²) >= 11 is 3.42. The van der Waals surface area contributed by atoms with Gasteiger partial charge in [-0.3, -0.25) is 4.79 Å². The van der Waals surface area contributed by atoms with Gasteiger partial charge in [0.1, 0.15) is 11.9 Å². The molecule has 1 aromatic rings. The number of benzene rings is 1. The Morgan fingerprint density at radius 3 is 2.74 bits per heavy atom. The molecule has 1 amide bonds. The van der Waals surface area contributed by atoms with Crippen LogP contribution in [0.3, 0.4) is 0 Å². The van der Waals surface area contributed by atoms with E-state index >= 15 is 0 Å². The van der Waals surface area contributed by atoms with E-state index in [1.54, 1.807) is 18.2 Å². The van der Waals surface area contributed by atoms with Gasteiger partial charge < -0.3 is 16.2 Å². The van der Waals surface area contributed by atoms with Gasteiger partial charge in [0.2, 0.25) is 5.91 Å². The molecule has 0 bridgehead atoms. The van der Waals surface area contributed by atoms with Gasteiger partial charge in [0, 0.05) is 11.5 Å². The molecule has 2 rings (SSSR count). The van der Waals surface area contributed by atoms with Crippen molar-refractivity contribution in [2.45, 2.75) is 31.8 Å². The standard InChI is InChI=1S/C14H19BrN2O2/c15-11-7-9(14(17)18)5-6-13(11)19-12-4-2-1-3-10(12)8-16/h5-7,10,12H,1-4,8,16H2,(H2,17,18). The molecule has 0 radical (unpaired) electrons. The summed E-state index contributed by atoms with van der Waals surface area (Å²) in [6, 6.07) is 5.16. The number of hydrogen-bond donors (Lipinski definition) is 2. The van der Waals surface area contributed by atoms with Crippen molar-refractivity contribution in [3.63, 3.8) is 0 Å². The summed E-state index contributed by atoms with van der Waals surface area (Å²) in [5.74, 6) is 0.719. The van der Waals surface area contributed by atoms with Gasteiger partial charge in [-0.1, -0.05) is 6.42 Å². The summed E-state index contributed by atoms with van der Waals surface area (Å²) < 4.78 is 6.80. The molecule has 1 aromatic carbocycles. The Bertz CT molecular complexity index is 465. The molecule has 19 heavy (non-hydrogen) atoms. The minimum absolute atomic E-state index is 0.162. The summed E-state index contributed by atoms with van der Waals surface area (Å²) in [4.78, 5) is 11.1. The first-order chi connectivity index (χ1) is 9.11. The summed E-state index contributed by atoms with van der Waals surface area (Å²) in [6.07, 6.45) is 4.72. The Morgan fingerprint density at radius 1 is 1.37 bits per heavy atom. The van der Waals surface area contributed by atoms with Crippen LogP contribution >= 0.6 is 15.9 Å². The summed E-state index contributed by atoms with van der Waals surface area (Å²) in [5.41, 5.74) is 11.5. The Morgan fingerprint density at radius 2 is 2.11 bits per heavy atom. The monoisotopic (exact) mass is 326 g/mol. The zero-order valence-electron chi connectivity index (χ0n) is 10.8. The van der Waals surface area contributed by atoms with Gasteiger partial charge >= 0.3 is 0 Å². The van der Waals surface area contributed by atoms with Gasteiger partial charge in [-0.15, -0.1) is 0 Å². The van der Waals surface area contributed by atoms with Crippen LogP contribution in [0.25, 0.3) is 0 Å². The maximum Gasteiger partial charge on any atom is 0.248 e. The summed E-state index contributed by atoms with van der Waals surface area (Å²) in [6.45, 7) is 0.654. The lowest BCUT2D eigenvalue weighted by molar-refractivity contribution is 0.0960. The topological polar surface area (TPSA) is 78.3 Å². The predicted molar refractivity (Wildman–Crippen MR) is 78.1 cm³/mol. The van der Waals surface area contributed by atoms with Crippen molar-refractivity contribution in [2.75, 3.05) is 6.54 Å². The fourth-order valence-electron chi connectivity index (χ4n) is 2.51. The van der Waals surface area contributed by atoms with Crippen molar-refractivity contribution in [1.82, 2.24) is 0 Å². The fourth-order valence-corrected chi connectivity index (χ4v) is 2.98. The molecular formula is C14H19BrN2O2. The van der Waals surface area contributed by atoms with Crippen molar-refractivity contribution in [2.24, 2.45) is 17.4 Å². The first-order valence-electron chi connectivity index (χ1n) is 6.58. The molecule has 2 unspecified atom stereocenters. The third-order valence-corrected chi connectivity index (χ3v) is 4.26. The van der Waals surface area contributed by atoms with Crippen LogP contribution in [-0.4, -0.2) is 18.6 Å². The average molecular weight is 327 g/mol. The summed E-state index contributed by atoms with van der Waals surface area (Å²) in [7, 11) is 0. The highest BCUT2D eigenvalue weighted by Gasteiger charge is 2.26. The summed E-state index contributed by atoms with van der Waals surface area (Å²) in [5, 5.41) is 0. The largest absolute Gasteiger partial charge is 0.489 e. The fraction of sp³-hybridized carbons (Fsp3) is 0.500. The third kappa shape index (κ3) is 3.48. The molecule has 0 heterocycles. The van der Waals surface area contributed by atoms with Crippen LogP contribution in [0.15, 0.2) is 22.7 Å². The lowest BCUT2D eigenvalue weighted by atomic mass is 9.86. The lowest BCUT2D eigenvalue weighted by Gasteiger charge is -2.31. The molecule has 0 spiro atoms. The molecule has 4 N–H and O–H groups in total. The van der Waals surface area contributed by atoms with Gasteiger partial charge in [-0.25, -0.2) is 0 Å². The molecule has 4 nitrogen and oxygen atoms in total. The highest BCUT2D eigenvalue weighted by Crippen LogP contribution is 2.32. The third-order valence-electron chi connectivity index (χ3n) is 3.64. The minimum Gasteiger partial charge on any atom is -0.489 e. The van der Waals surface area contributed by atoms with E-state index in [1.807, 2.05) is 0 Å². The maximum absolute atomic E-state index is 11.1. The second-order valence-electron chi connectivity index (χ2n) is 4.95. The highest BCUT2D eigenvalue weighted by atomic mass is 79.9. The van der Waals surface area contributed by atoms with E-state index in [2.05, 4.69) is 15.9 Å². The van der Waals surface area contributed by atoms with E-state index in [0.29, 0.717) is 18.0 Å². The smallest absolute Gasteiger partial charge is 0.248 e. The molecule has 2 atom stereocenters. The van der Waals surface area contributed by atoms with E-state index in [1.165, 1.54) is 12.8 Å². The number of hydrogen-bond acceptors (Lipinski definition) is 3. The number of carbonyl (C=O) groups is 1. The Kier molecular flexibility index (Phi) is 4.82. The predicted octanol–water partition coefficient (Wildman–Crippen LogP) is 2.44. The Hall–Kier alpha value is -1.07. The Balaban J connectivity index is 2.11. The van der Waals surface area contributed by atoms with E-state index in [0.717, 1.165) is 23.1 Å². The van der Waals surface area contributed by atoms with Crippen LogP contribution in [0.5, 0.6) is 5.75 Å².